The average Bonchev–Trinajstić information content (AvgIpc) is 3.00. The maximum absolute atomic E-state index is 11.9. The first-order valence-electron chi connectivity index (χ1n) is 8.31. The van der Waals surface area contributed by atoms with Crippen LogP contribution in [0.15, 0.2) is 42.0 Å². The van der Waals surface area contributed by atoms with Crippen LogP contribution < -0.4 is 10.1 Å². The third-order valence-corrected chi connectivity index (χ3v) is 4.00. The van der Waals surface area contributed by atoms with Gasteiger partial charge in [0.15, 0.2) is 0 Å². The third-order valence-electron chi connectivity index (χ3n) is 3.23. The van der Waals surface area contributed by atoms with Crippen molar-refractivity contribution in [1.29, 1.82) is 0 Å². The van der Waals surface area contributed by atoms with Gasteiger partial charge in [-0.25, -0.2) is 19.7 Å². The van der Waals surface area contributed by atoms with Gasteiger partial charge in [0.1, 0.15) is 23.4 Å². The summed E-state index contributed by atoms with van der Waals surface area (Å²) >= 11 is 1.56. The summed E-state index contributed by atoms with van der Waals surface area (Å²) in [5.74, 6) is 0.919. The van der Waals surface area contributed by atoms with Crippen molar-refractivity contribution in [2.75, 3.05) is 5.32 Å². The number of anilines is 1. The molecule has 1 N–H and O–H groups in total. The van der Waals surface area contributed by atoms with E-state index >= 15 is 0 Å². The highest BCUT2D eigenvalue weighted by atomic mass is 32.1. The standard InChI is InChI=1S/C19H20N4O3S/c1-12-22-16(10-27-12)15-9-17(21-11-20-15)25-14-7-5-6-13(8-14)23-18(24)26-19(2,3)4/h5-11H,1-4H3,(H,23,24). The molecule has 2 aromatic heterocycles. The van der Waals surface area contributed by atoms with Crippen LogP contribution in [0.25, 0.3) is 11.4 Å². The number of ether oxygens (including phenoxy) is 2. The Kier molecular flexibility index (Phi) is 5.36. The van der Waals surface area contributed by atoms with E-state index in [4.69, 9.17) is 9.47 Å². The molecule has 0 bridgehead atoms. The van der Waals surface area contributed by atoms with E-state index in [0.29, 0.717) is 23.0 Å². The van der Waals surface area contributed by atoms with Gasteiger partial charge in [-0.15, -0.1) is 11.3 Å². The van der Waals surface area contributed by atoms with E-state index in [-0.39, 0.29) is 0 Å². The molecule has 0 saturated carbocycles. The third kappa shape index (κ3) is 5.49. The number of hydrogen-bond donors (Lipinski definition) is 1. The molecule has 27 heavy (non-hydrogen) atoms. The molecule has 1 amide bonds. The number of aromatic nitrogens is 3. The molecular formula is C19H20N4O3S. The predicted molar refractivity (Wildman–Crippen MR) is 104 cm³/mol. The summed E-state index contributed by atoms with van der Waals surface area (Å²) in [4.78, 5) is 24.7. The molecule has 3 aromatic rings. The minimum Gasteiger partial charge on any atom is -0.444 e. The minimum absolute atomic E-state index is 0.389. The van der Waals surface area contributed by atoms with Crippen molar-refractivity contribution < 1.29 is 14.3 Å². The Morgan fingerprint density at radius 1 is 1.15 bits per heavy atom. The van der Waals surface area contributed by atoms with Crippen LogP contribution in [-0.2, 0) is 4.74 Å². The van der Waals surface area contributed by atoms with Crippen molar-refractivity contribution in [2.24, 2.45) is 0 Å². The first-order chi connectivity index (χ1) is 12.8. The van der Waals surface area contributed by atoms with Crippen LogP contribution >= 0.6 is 11.3 Å². The van der Waals surface area contributed by atoms with Gasteiger partial charge in [-0.2, -0.15) is 0 Å². The predicted octanol–water partition coefficient (Wildman–Crippen LogP) is 5.05. The first-order valence-corrected chi connectivity index (χ1v) is 9.19. The largest absolute Gasteiger partial charge is 0.444 e. The molecule has 8 heteroatoms. The maximum atomic E-state index is 11.9. The Bertz CT molecular complexity index is 950. The summed E-state index contributed by atoms with van der Waals surface area (Å²) < 4.78 is 11.1. The summed E-state index contributed by atoms with van der Waals surface area (Å²) in [5.41, 5.74) is 1.47. The minimum atomic E-state index is -0.566. The second-order valence-corrected chi connectivity index (χ2v) is 7.81. The van der Waals surface area contributed by atoms with Gasteiger partial charge in [-0.1, -0.05) is 6.07 Å². The Balaban J connectivity index is 1.72. The van der Waals surface area contributed by atoms with Crippen molar-refractivity contribution in [3.8, 4) is 23.0 Å². The highest BCUT2D eigenvalue weighted by Gasteiger charge is 2.16. The number of hydrogen-bond acceptors (Lipinski definition) is 7. The van der Waals surface area contributed by atoms with Crippen LogP contribution in [0.2, 0.25) is 0 Å². The lowest BCUT2D eigenvalue weighted by Crippen LogP contribution is -2.27. The Hall–Kier alpha value is -3.00. The molecule has 140 valence electrons. The molecule has 0 spiro atoms. The fraction of sp³-hybridized carbons (Fsp3) is 0.263. The number of benzene rings is 1. The summed E-state index contributed by atoms with van der Waals surface area (Å²) in [6.45, 7) is 7.36. The molecule has 0 aliphatic heterocycles. The Labute approximate surface area is 161 Å². The topological polar surface area (TPSA) is 86.2 Å². The second-order valence-electron chi connectivity index (χ2n) is 6.75. The van der Waals surface area contributed by atoms with E-state index in [2.05, 4.69) is 20.3 Å². The lowest BCUT2D eigenvalue weighted by molar-refractivity contribution is 0.0636. The fourth-order valence-corrected chi connectivity index (χ4v) is 2.80. The van der Waals surface area contributed by atoms with Crippen LogP contribution in [0.5, 0.6) is 11.6 Å². The smallest absolute Gasteiger partial charge is 0.412 e. The van der Waals surface area contributed by atoms with Crippen LogP contribution in [0.1, 0.15) is 25.8 Å². The van der Waals surface area contributed by atoms with E-state index in [1.54, 1.807) is 41.7 Å². The highest BCUT2D eigenvalue weighted by molar-refractivity contribution is 7.09. The van der Waals surface area contributed by atoms with E-state index in [1.165, 1.54) is 6.33 Å². The molecule has 0 radical (unpaired) electrons. The van der Waals surface area contributed by atoms with E-state index < -0.39 is 11.7 Å². The fourth-order valence-electron chi connectivity index (χ4n) is 2.20. The lowest BCUT2D eigenvalue weighted by Gasteiger charge is -2.19. The van der Waals surface area contributed by atoms with E-state index in [9.17, 15) is 4.79 Å². The molecular weight excluding hydrogens is 364 g/mol. The molecule has 0 aliphatic carbocycles. The summed E-state index contributed by atoms with van der Waals surface area (Å²) in [5, 5.41) is 5.58. The zero-order chi connectivity index (χ0) is 19.4. The molecule has 7 nitrogen and oxygen atoms in total. The van der Waals surface area contributed by atoms with E-state index in [1.807, 2.05) is 33.1 Å². The van der Waals surface area contributed by atoms with E-state index in [0.717, 1.165) is 10.7 Å². The van der Waals surface area contributed by atoms with Crippen molar-refractivity contribution in [3.63, 3.8) is 0 Å². The quantitative estimate of drug-likeness (QED) is 0.677. The van der Waals surface area contributed by atoms with Gasteiger partial charge in [0.25, 0.3) is 0 Å². The number of rotatable bonds is 4. The van der Waals surface area contributed by atoms with Gasteiger partial charge in [0.05, 0.1) is 10.7 Å². The second kappa shape index (κ2) is 7.71. The van der Waals surface area contributed by atoms with Crippen molar-refractivity contribution in [3.05, 3.63) is 47.0 Å². The molecule has 3 rings (SSSR count). The normalized spacial score (nSPS) is 11.1. The van der Waals surface area contributed by atoms with Gasteiger partial charge in [-0.05, 0) is 39.8 Å². The highest BCUT2D eigenvalue weighted by Crippen LogP contribution is 2.26. The van der Waals surface area contributed by atoms with Crippen LogP contribution in [0.4, 0.5) is 10.5 Å². The average molecular weight is 384 g/mol. The number of nitrogens with zero attached hydrogens (tertiary/aromatic N) is 3. The number of carbonyl (C=O) groups is 1. The van der Waals surface area contributed by atoms with Crippen molar-refractivity contribution in [1.82, 2.24) is 15.0 Å². The van der Waals surface area contributed by atoms with Gasteiger partial charge in [0, 0.05) is 23.2 Å². The van der Waals surface area contributed by atoms with Crippen molar-refractivity contribution in [2.45, 2.75) is 33.3 Å². The molecule has 0 atom stereocenters. The zero-order valence-electron chi connectivity index (χ0n) is 15.5. The number of thiazole rings is 1. The monoisotopic (exact) mass is 384 g/mol. The molecule has 0 fully saturated rings. The molecule has 1 aromatic carbocycles. The van der Waals surface area contributed by atoms with Crippen LogP contribution in [-0.4, -0.2) is 26.6 Å². The van der Waals surface area contributed by atoms with Crippen LogP contribution in [0, 0.1) is 6.92 Å². The maximum Gasteiger partial charge on any atom is 0.412 e. The van der Waals surface area contributed by atoms with Gasteiger partial charge < -0.3 is 9.47 Å². The summed E-state index contributed by atoms with van der Waals surface area (Å²) in [6.07, 6.45) is 0.908. The zero-order valence-corrected chi connectivity index (χ0v) is 16.3. The van der Waals surface area contributed by atoms with Crippen molar-refractivity contribution >= 4 is 23.1 Å². The number of nitrogens with one attached hydrogen (secondary N) is 1. The van der Waals surface area contributed by atoms with Gasteiger partial charge >= 0.3 is 6.09 Å². The molecule has 2 heterocycles. The Morgan fingerprint density at radius 3 is 2.67 bits per heavy atom. The molecule has 0 unspecified atom stereocenters. The summed E-state index contributed by atoms with van der Waals surface area (Å²) in [7, 11) is 0. The van der Waals surface area contributed by atoms with Crippen LogP contribution in [0.3, 0.4) is 0 Å². The SMILES string of the molecule is Cc1nc(-c2cc(Oc3cccc(NC(=O)OC(C)(C)C)c3)ncn2)cs1. The van der Waals surface area contributed by atoms with Gasteiger partial charge in [-0.3, -0.25) is 5.32 Å². The molecule has 0 aliphatic rings. The van der Waals surface area contributed by atoms with Gasteiger partial charge in [0.2, 0.25) is 5.88 Å². The summed E-state index contributed by atoms with van der Waals surface area (Å²) in [6, 6.07) is 8.71. The number of amides is 1. The number of aryl methyl sites for hydroxylation is 1. The lowest BCUT2D eigenvalue weighted by atomic mass is 10.2. The number of carbonyl (C=O) groups excluding carboxylic acids is 1. The Morgan fingerprint density at radius 2 is 1.96 bits per heavy atom. The molecule has 0 saturated heterocycles. The first kappa shape index (κ1) is 18.8.